The number of halogens is 19. The van der Waals surface area contributed by atoms with Crippen molar-refractivity contribution in [2.75, 3.05) is 6.54 Å². The molecule has 0 spiro atoms. The summed E-state index contributed by atoms with van der Waals surface area (Å²) < 4.78 is 240. The van der Waals surface area contributed by atoms with Gasteiger partial charge in [-0.1, -0.05) is 0 Å². The van der Waals surface area contributed by atoms with E-state index in [4.69, 9.17) is 0 Å². The lowest BCUT2D eigenvalue weighted by Gasteiger charge is -2.42. The van der Waals surface area contributed by atoms with Crippen molar-refractivity contribution >= 4 is 0 Å². The summed E-state index contributed by atoms with van der Waals surface area (Å²) in [6.45, 7) is -2.61. The quantitative estimate of drug-likeness (QED) is 0.260. The van der Waals surface area contributed by atoms with Crippen molar-refractivity contribution < 1.29 is 83.6 Å². The van der Waals surface area contributed by atoms with Gasteiger partial charge in [-0.25, -0.2) is 0 Å². The fraction of sp³-hybridized carbons (Fsp3) is 1.00. The molecule has 0 saturated heterocycles. The topological polar surface area (TPSA) is 3.24 Å². The SMILES string of the molecule is FN(F)CCC(F)(F)C(F)(F)C(F)(F)C(F)(F)C(F)(F)C(F)(F)C(F)(F)C(F)(F)F. The zero-order valence-corrected chi connectivity index (χ0v) is 13.0. The molecular weight excluding hydrogens is 495 g/mol. The summed E-state index contributed by atoms with van der Waals surface area (Å²) in [6.07, 6.45) is -11.0. The Labute approximate surface area is 151 Å². The maximum absolute atomic E-state index is 13.2. The molecule has 0 fully saturated rings. The van der Waals surface area contributed by atoms with Gasteiger partial charge in [0.2, 0.25) is 0 Å². The maximum Gasteiger partial charge on any atom is 0.460 e. The number of rotatable bonds is 9. The Morgan fingerprint density at radius 1 is 0.400 bits per heavy atom. The van der Waals surface area contributed by atoms with Crippen molar-refractivity contribution in [2.45, 2.75) is 54.1 Å². The highest BCUT2D eigenvalue weighted by molar-refractivity contribution is 5.15. The largest absolute Gasteiger partial charge is 0.460 e. The Balaban J connectivity index is 6.55. The third-order valence-electron chi connectivity index (χ3n) is 3.38. The highest BCUT2D eigenvalue weighted by Gasteiger charge is 2.95. The average molecular weight is 499 g/mol. The van der Waals surface area contributed by atoms with Gasteiger partial charge in [0, 0.05) is 11.8 Å². The van der Waals surface area contributed by atoms with E-state index >= 15 is 0 Å². The van der Waals surface area contributed by atoms with Crippen molar-refractivity contribution in [3.05, 3.63) is 0 Å². The smallest absolute Gasteiger partial charge is 0.200 e. The van der Waals surface area contributed by atoms with Crippen LogP contribution in [0.4, 0.5) is 83.6 Å². The second-order valence-corrected chi connectivity index (χ2v) is 5.43. The molecule has 0 aromatic rings. The van der Waals surface area contributed by atoms with Gasteiger partial charge in [-0.3, -0.25) is 0 Å². The fourth-order valence-corrected chi connectivity index (χ4v) is 1.58. The molecule has 0 aliphatic carbocycles. The average Bonchev–Trinajstić information content (AvgIpc) is 2.50. The van der Waals surface area contributed by atoms with Crippen LogP contribution >= 0.6 is 0 Å². The Kier molecular flexibility index (Phi) is 7.01. The molecule has 0 N–H and O–H groups in total. The molecule has 1 nitrogen and oxygen atoms in total. The van der Waals surface area contributed by atoms with Gasteiger partial charge in [0.1, 0.15) is 0 Å². The third kappa shape index (κ3) is 3.82. The van der Waals surface area contributed by atoms with E-state index in [0.717, 1.165) is 0 Å². The Bertz CT molecular complexity index is 601. The first-order chi connectivity index (χ1) is 12.7. The van der Waals surface area contributed by atoms with Crippen LogP contribution in [-0.4, -0.2) is 59.5 Å². The molecule has 0 atom stereocenters. The third-order valence-corrected chi connectivity index (χ3v) is 3.38. The van der Waals surface area contributed by atoms with Crippen LogP contribution in [0, 0.1) is 0 Å². The monoisotopic (exact) mass is 499 g/mol. The summed E-state index contributed by atoms with van der Waals surface area (Å²) in [7, 11) is 0. The molecule has 20 heteroatoms. The molecule has 182 valence electrons. The highest BCUT2D eigenvalue weighted by Crippen LogP contribution is 2.64. The minimum Gasteiger partial charge on any atom is -0.200 e. The number of hydrogen-bond acceptors (Lipinski definition) is 1. The van der Waals surface area contributed by atoms with Gasteiger partial charge >= 0.3 is 47.6 Å². The lowest BCUT2D eigenvalue weighted by molar-refractivity contribution is -0.462. The van der Waals surface area contributed by atoms with Crippen LogP contribution in [0.1, 0.15) is 6.42 Å². The van der Waals surface area contributed by atoms with Gasteiger partial charge in [-0.2, -0.15) is 74.6 Å². The Morgan fingerprint density at radius 2 is 0.667 bits per heavy atom. The second-order valence-electron chi connectivity index (χ2n) is 5.43. The molecule has 0 aromatic heterocycles. The van der Waals surface area contributed by atoms with Gasteiger partial charge < -0.3 is 0 Å². The normalized spacial score (nSPS) is 16.4. The molecule has 0 saturated carbocycles. The minimum absolute atomic E-state index is 2.41. The van der Waals surface area contributed by atoms with Gasteiger partial charge in [-0.15, -0.1) is 8.96 Å². The van der Waals surface area contributed by atoms with E-state index in [0.29, 0.717) is 0 Å². The number of alkyl halides is 17. The van der Waals surface area contributed by atoms with E-state index in [1.54, 1.807) is 0 Å². The van der Waals surface area contributed by atoms with Gasteiger partial charge in [0.15, 0.2) is 0 Å². The van der Waals surface area contributed by atoms with Crippen molar-refractivity contribution in [3.63, 3.8) is 0 Å². The molecule has 0 unspecified atom stereocenters. The van der Waals surface area contributed by atoms with Crippen molar-refractivity contribution in [2.24, 2.45) is 0 Å². The van der Waals surface area contributed by atoms with Crippen molar-refractivity contribution in [1.82, 2.24) is 5.34 Å². The van der Waals surface area contributed by atoms with Crippen LogP contribution in [0.2, 0.25) is 0 Å². The Morgan fingerprint density at radius 3 is 0.933 bits per heavy atom. The highest BCUT2D eigenvalue weighted by atomic mass is 19.4. The molecule has 0 rings (SSSR count). The van der Waals surface area contributed by atoms with Gasteiger partial charge in [-0.05, 0) is 0 Å². The summed E-state index contributed by atoms with van der Waals surface area (Å²) in [5, 5.41) is -2.41. The standard InChI is InChI=1S/C10H4F19N/c11-3(12,1-2-30(28)29)4(13,14)5(15,16)6(17,18)7(19,20)8(21,22)9(23,24)10(25,26)27/h1-2H2. The molecular formula is C10H4F19N. The van der Waals surface area contributed by atoms with Crippen LogP contribution in [0.15, 0.2) is 0 Å². The Hall–Kier alpha value is -1.37. The molecule has 0 radical (unpaired) electrons. The molecule has 0 aromatic carbocycles. The van der Waals surface area contributed by atoms with E-state index in [9.17, 15) is 83.6 Å². The van der Waals surface area contributed by atoms with E-state index in [-0.39, 0.29) is 0 Å². The van der Waals surface area contributed by atoms with E-state index < -0.39 is 65.9 Å². The van der Waals surface area contributed by atoms with E-state index in [1.165, 1.54) is 0 Å². The molecule has 0 heterocycles. The lowest BCUT2D eigenvalue weighted by Crippen LogP contribution is -2.74. The van der Waals surface area contributed by atoms with Crippen LogP contribution in [0.3, 0.4) is 0 Å². The van der Waals surface area contributed by atoms with Gasteiger partial charge in [0.25, 0.3) is 0 Å². The molecule has 0 aliphatic rings. The molecule has 30 heavy (non-hydrogen) atoms. The van der Waals surface area contributed by atoms with Gasteiger partial charge in [0.05, 0.1) is 6.54 Å². The van der Waals surface area contributed by atoms with E-state index in [2.05, 4.69) is 0 Å². The number of nitrogens with zero attached hydrogens (tertiary/aromatic N) is 1. The molecule has 0 bridgehead atoms. The summed E-state index contributed by atoms with van der Waals surface area (Å²) in [5.41, 5.74) is 0. The van der Waals surface area contributed by atoms with Crippen LogP contribution in [-0.2, 0) is 0 Å². The zero-order chi connectivity index (χ0) is 25.0. The fourth-order valence-electron chi connectivity index (χ4n) is 1.58. The van der Waals surface area contributed by atoms with Crippen LogP contribution < -0.4 is 0 Å². The predicted molar refractivity (Wildman–Crippen MR) is 54.2 cm³/mol. The lowest BCUT2D eigenvalue weighted by atomic mass is 9.88. The molecule has 0 amide bonds. The first kappa shape index (κ1) is 28.6. The second kappa shape index (κ2) is 7.35. The van der Waals surface area contributed by atoms with E-state index in [1.807, 2.05) is 0 Å². The summed E-state index contributed by atoms with van der Waals surface area (Å²) in [4.78, 5) is 0. The molecule has 0 aliphatic heterocycles. The van der Waals surface area contributed by atoms with Crippen LogP contribution in [0.5, 0.6) is 0 Å². The first-order valence-corrected chi connectivity index (χ1v) is 6.47. The van der Waals surface area contributed by atoms with Crippen molar-refractivity contribution in [3.8, 4) is 0 Å². The zero-order valence-electron chi connectivity index (χ0n) is 13.0. The van der Waals surface area contributed by atoms with Crippen LogP contribution in [0.25, 0.3) is 0 Å². The summed E-state index contributed by atoms with van der Waals surface area (Å²) in [6, 6.07) is 0. The van der Waals surface area contributed by atoms with Crippen molar-refractivity contribution in [1.29, 1.82) is 0 Å². The minimum atomic E-state index is -8.73. The first-order valence-electron chi connectivity index (χ1n) is 6.47. The predicted octanol–water partition coefficient (Wildman–Crippen LogP) is 6.46. The maximum atomic E-state index is 13.2. The summed E-state index contributed by atoms with van der Waals surface area (Å²) >= 11 is 0. The summed E-state index contributed by atoms with van der Waals surface area (Å²) in [5.74, 6) is -57.4. The number of hydrogen-bond donors (Lipinski definition) is 0.